The van der Waals surface area contributed by atoms with Crippen molar-refractivity contribution in [1.29, 1.82) is 0 Å². The summed E-state index contributed by atoms with van der Waals surface area (Å²) in [5, 5.41) is 7.88. The number of hydrazine groups is 1. The lowest BCUT2D eigenvalue weighted by Gasteiger charge is -2.17. The molecule has 108 valence electrons. The molecular formula is C15H18N5O+. The number of hydrogen-bond donors (Lipinski definition) is 5. The standard InChI is InChI=1S/C15H17N5O/c16-15(20-17)19-14(21)13(11-7-3-1-4-8-11)18-12-9-5-2-6-10-12/h1-10,13,18H,17H2,(H3,16,19,20,21)/p+1. The maximum Gasteiger partial charge on any atom is 0.369 e. The molecule has 2 aromatic rings. The van der Waals surface area contributed by atoms with Crippen molar-refractivity contribution in [1.82, 2.24) is 5.32 Å². The summed E-state index contributed by atoms with van der Waals surface area (Å²) in [5.74, 6) is 4.86. The Hall–Kier alpha value is -3.02. The molecule has 0 aromatic heterocycles. The van der Waals surface area contributed by atoms with Crippen LogP contribution in [-0.2, 0) is 4.79 Å². The molecule has 0 saturated carbocycles. The summed E-state index contributed by atoms with van der Waals surface area (Å²) in [6.45, 7) is 0. The fraction of sp³-hybridized carbons (Fsp3) is 0.0667. The van der Waals surface area contributed by atoms with E-state index in [1.807, 2.05) is 60.7 Å². The first-order chi connectivity index (χ1) is 10.2. The van der Waals surface area contributed by atoms with Crippen LogP contribution in [-0.4, -0.2) is 11.9 Å². The molecule has 0 fully saturated rings. The molecule has 0 heterocycles. The van der Waals surface area contributed by atoms with Gasteiger partial charge in [0, 0.05) is 5.69 Å². The van der Waals surface area contributed by atoms with Gasteiger partial charge in [-0.3, -0.25) is 16.4 Å². The van der Waals surface area contributed by atoms with E-state index in [1.165, 1.54) is 0 Å². The SMILES string of the molecule is N/[NH+]=C(\N)NC(=O)C(Nc1ccccc1)c1ccccc1. The second-order valence-electron chi connectivity index (χ2n) is 4.40. The van der Waals surface area contributed by atoms with E-state index in [2.05, 4.69) is 15.7 Å². The Morgan fingerprint density at radius 3 is 2.14 bits per heavy atom. The summed E-state index contributed by atoms with van der Waals surface area (Å²) in [6.07, 6.45) is 0. The van der Waals surface area contributed by atoms with Crippen LogP contribution >= 0.6 is 0 Å². The van der Waals surface area contributed by atoms with Crippen LogP contribution in [0.5, 0.6) is 0 Å². The topological polar surface area (TPSA) is 107 Å². The molecule has 2 aromatic carbocycles. The molecule has 1 atom stereocenters. The smallest absolute Gasteiger partial charge is 0.369 e. The van der Waals surface area contributed by atoms with Crippen molar-refractivity contribution in [2.75, 3.05) is 5.32 Å². The Balaban J connectivity index is 2.24. The van der Waals surface area contributed by atoms with Crippen molar-refractivity contribution >= 4 is 17.6 Å². The number of anilines is 1. The van der Waals surface area contributed by atoms with Crippen molar-refractivity contribution in [2.24, 2.45) is 11.6 Å². The second-order valence-corrected chi connectivity index (χ2v) is 4.40. The van der Waals surface area contributed by atoms with Crippen molar-refractivity contribution < 1.29 is 9.90 Å². The number of benzene rings is 2. The number of para-hydroxylation sites is 1. The number of carbonyl (C=O) groups excluding carboxylic acids is 1. The summed E-state index contributed by atoms with van der Waals surface area (Å²) in [6, 6.07) is 18.3. The van der Waals surface area contributed by atoms with Gasteiger partial charge in [-0.05, 0) is 17.7 Å². The largest absolute Gasteiger partial charge is 0.369 e. The van der Waals surface area contributed by atoms with Crippen LogP contribution in [0.1, 0.15) is 11.6 Å². The third kappa shape index (κ3) is 3.97. The number of amides is 1. The van der Waals surface area contributed by atoms with Gasteiger partial charge in [-0.2, -0.15) is 5.10 Å². The molecule has 0 aliphatic rings. The number of nitrogens with two attached hydrogens (primary N) is 2. The summed E-state index contributed by atoms with van der Waals surface area (Å²) in [7, 11) is 0. The van der Waals surface area contributed by atoms with Gasteiger partial charge in [0.2, 0.25) is 0 Å². The number of hydrogen-bond acceptors (Lipinski definition) is 3. The molecule has 6 heteroatoms. The Kier molecular flexibility index (Phi) is 4.76. The van der Waals surface area contributed by atoms with E-state index in [9.17, 15) is 4.79 Å². The van der Waals surface area contributed by atoms with Crippen molar-refractivity contribution in [3.05, 3.63) is 66.2 Å². The van der Waals surface area contributed by atoms with E-state index in [0.29, 0.717) is 0 Å². The van der Waals surface area contributed by atoms with Gasteiger partial charge in [-0.1, -0.05) is 48.5 Å². The summed E-state index contributed by atoms with van der Waals surface area (Å²) >= 11 is 0. The summed E-state index contributed by atoms with van der Waals surface area (Å²) < 4.78 is 0. The fourth-order valence-corrected chi connectivity index (χ4v) is 1.89. The Morgan fingerprint density at radius 1 is 1.00 bits per heavy atom. The molecule has 0 radical (unpaired) electrons. The van der Waals surface area contributed by atoms with E-state index in [4.69, 9.17) is 11.6 Å². The Bertz CT molecular complexity index is 612. The van der Waals surface area contributed by atoms with E-state index in [0.717, 1.165) is 11.3 Å². The minimum absolute atomic E-state index is 0.00390. The number of carbonyl (C=O) groups is 1. The molecule has 0 bridgehead atoms. The highest BCUT2D eigenvalue weighted by Gasteiger charge is 2.24. The van der Waals surface area contributed by atoms with Crippen LogP contribution in [0.4, 0.5) is 5.69 Å². The zero-order chi connectivity index (χ0) is 15.1. The van der Waals surface area contributed by atoms with E-state index >= 15 is 0 Å². The summed E-state index contributed by atoms with van der Waals surface area (Å²) in [4.78, 5) is 12.3. The lowest BCUT2D eigenvalue weighted by Crippen LogP contribution is -2.85. The molecule has 6 nitrogen and oxygen atoms in total. The third-order valence-corrected chi connectivity index (χ3v) is 2.89. The first-order valence-electron chi connectivity index (χ1n) is 6.47. The van der Waals surface area contributed by atoms with Crippen LogP contribution < -0.4 is 27.3 Å². The quantitative estimate of drug-likeness (QED) is 0.220. The third-order valence-electron chi connectivity index (χ3n) is 2.89. The van der Waals surface area contributed by atoms with Crippen molar-refractivity contribution in [2.45, 2.75) is 6.04 Å². The number of nitrogens with one attached hydrogen (secondary N) is 3. The second kappa shape index (κ2) is 6.95. The maximum absolute atomic E-state index is 12.3. The van der Waals surface area contributed by atoms with Gasteiger partial charge in [0.15, 0.2) is 0 Å². The van der Waals surface area contributed by atoms with Gasteiger partial charge < -0.3 is 5.32 Å². The molecule has 7 N–H and O–H groups in total. The molecule has 1 unspecified atom stereocenters. The highest BCUT2D eigenvalue weighted by molar-refractivity contribution is 5.98. The molecule has 0 aliphatic heterocycles. The van der Waals surface area contributed by atoms with Gasteiger partial charge >= 0.3 is 11.9 Å². The monoisotopic (exact) mass is 284 g/mol. The predicted octanol–water partition coefficient (Wildman–Crippen LogP) is -0.775. The van der Waals surface area contributed by atoms with E-state index < -0.39 is 6.04 Å². The Labute approximate surface area is 122 Å². The molecule has 0 aliphatic carbocycles. The molecule has 2 rings (SSSR count). The van der Waals surface area contributed by atoms with Gasteiger partial charge in [0.1, 0.15) is 6.04 Å². The van der Waals surface area contributed by atoms with Crippen molar-refractivity contribution in [3.8, 4) is 0 Å². The number of hydrazone groups is 1. The normalized spacial score (nSPS) is 12.5. The van der Waals surface area contributed by atoms with Crippen LogP contribution in [0.15, 0.2) is 60.7 Å². The van der Waals surface area contributed by atoms with Crippen LogP contribution in [0.3, 0.4) is 0 Å². The maximum atomic E-state index is 12.3. The van der Waals surface area contributed by atoms with Crippen LogP contribution in [0, 0.1) is 0 Å². The van der Waals surface area contributed by atoms with Gasteiger partial charge in [0.05, 0.1) is 0 Å². The fourth-order valence-electron chi connectivity index (χ4n) is 1.89. The minimum Gasteiger partial charge on any atom is -0.369 e. The molecule has 1 amide bonds. The zero-order valence-corrected chi connectivity index (χ0v) is 11.4. The van der Waals surface area contributed by atoms with Gasteiger partial charge in [-0.25, -0.2) is 5.32 Å². The van der Waals surface area contributed by atoms with E-state index in [-0.39, 0.29) is 11.9 Å². The lowest BCUT2D eigenvalue weighted by atomic mass is 10.1. The lowest BCUT2D eigenvalue weighted by molar-refractivity contribution is -0.472. The van der Waals surface area contributed by atoms with Crippen molar-refractivity contribution in [3.63, 3.8) is 0 Å². The van der Waals surface area contributed by atoms with Crippen LogP contribution in [0.25, 0.3) is 0 Å². The van der Waals surface area contributed by atoms with Gasteiger partial charge in [0.25, 0.3) is 0 Å². The molecule has 0 saturated heterocycles. The van der Waals surface area contributed by atoms with Gasteiger partial charge in [-0.15, -0.1) is 0 Å². The summed E-state index contributed by atoms with van der Waals surface area (Å²) in [5.41, 5.74) is 7.16. The first-order valence-corrected chi connectivity index (χ1v) is 6.47. The Morgan fingerprint density at radius 2 is 1.57 bits per heavy atom. The average molecular weight is 284 g/mol. The molecule has 21 heavy (non-hydrogen) atoms. The predicted molar refractivity (Wildman–Crippen MR) is 81.7 cm³/mol. The van der Waals surface area contributed by atoms with Crippen LogP contribution in [0.2, 0.25) is 0 Å². The molecular weight excluding hydrogens is 266 g/mol. The molecule has 0 spiro atoms. The average Bonchev–Trinajstić information content (AvgIpc) is 2.54. The highest BCUT2D eigenvalue weighted by atomic mass is 16.2. The number of guanidine groups is 1. The minimum atomic E-state index is -0.583. The first kappa shape index (κ1) is 14.4. The van der Waals surface area contributed by atoms with E-state index in [1.54, 1.807) is 0 Å². The zero-order valence-electron chi connectivity index (χ0n) is 11.4. The highest BCUT2D eigenvalue weighted by Crippen LogP contribution is 2.19. The number of rotatable bonds is 4.